The van der Waals surface area contributed by atoms with Gasteiger partial charge in [-0.3, -0.25) is 4.79 Å². The van der Waals surface area contributed by atoms with Gasteiger partial charge in [0.1, 0.15) is 5.25 Å². The molecule has 0 aromatic heterocycles. The van der Waals surface area contributed by atoms with Gasteiger partial charge in [0.25, 0.3) is 0 Å². The van der Waals surface area contributed by atoms with Gasteiger partial charge in [0.2, 0.25) is 10.0 Å². The van der Waals surface area contributed by atoms with E-state index in [1.807, 2.05) is 0 Å². The van der Waals surface area contributed by atoms with E-state index < -0.39 is 15.3 Å². The van der Waals surface area contributed by atoms with E-state index in [0.29, 0.717) is 19.3 Å². The molecule has 1 saturated carbocycles. The van der Waals surface area contributed by atoms with Crippen LogP contribution >= 0.6 is 0 Å². The lowest BCUT2D eigenvalue weighted by atomic mass is 10.3. The van der Waals surface area contributed by atoms with Crippen LogP contribution in [0.15, 0.2) is 0 Å². The van der Waals surface area contributed by atoms with Crippen LogP contribution < -0.4 is 4.72 Å². The number of hydrogen-bond acceptors (Lipinski definition) is 3. The van der Waals surface area contributed by atoms with Crippen molar-refractivity contribution in [1.29, 1.82) is 0 Å². The third kappa shape index (κ3) is 1.59. The predicted molar refractivity (Wildman–Crippen MR) is 40.6 cm³/mol. The molecule has 0 aliphatic heterocycles. The first-order chi connectivity index (χ1) is 5.08. The van der Waals surface area contributed by atoms with E-state index in [1.165, 1.54) is 7.05 Å². The van der Waals surface area contributed by atoms with Crippen molar-refractivity contribution >= 4 is 15.8 Å². The fraction of sp³-hybridized carbons (Fsp3) is 0.833. The number of carbonyl (C=O) groups is 1. The Morgan fingerprint density at radius 1 is 1.55 bits per heavy atom. The molecule has 1 fully saturated rings. The van der Waals surface area contributed by atoms with Crippen molar-refractivity contribution in [3.63, 3.8) is 0 Å². The largest absolute Gasteiger partial charge is 0.298 e. The Kier molecular flexibility index (Phi) is 2.29. The second kappa shape index (κ2) is 2.91. The summed E-state index contributed by atoms with van der Waals surface area (Å²) in [5, 5.41) is -0.785. The quantitative estimate of drug-likeness (QED) is 0.627. The fourth-order valence-corrected chi connectivity index (χ4v) is 2.48. The lowest BCUT2D eigenvalue weighted by Gasteiger charge is -2.06. The first kappa shape index (κ1) is 8.67. The molecular weight excluding hydrogens is 166 g/mol. The zero-order valence-corrected chi connectivity index (χ0v) is 7.15. The standard InChI is InChI=1S/C6H11NO3S/c1-7-11(9,10)6-4-2-3-5(6)8/h6-7H,2-4H2,1H3. The average molecular weight is 177 g/mol. The Bertz CT molecular complexity index is 257. The summed E-state index contributed by atoms with van der Waals surface area (Å²) in [6.45, 7) is 0. The van der Waals surface area contributed by atoms with Crippen LogP contribution in [0, 0.1) is 0 Å². The minimum atomic E-state index is -3.35. The van der Waals surface area contributed by atoms with Crippen LogP contribution in [-0.2, 0) is 14.8 Å². The van der Waals surface area contributed by atoms with Crippen LogP contribution in [0.2, 0.25) is 0 Å². The Morgan fingerprint density at radius 2 is 2.18 bits per heavy atom. The highest BCUT2D eigenvalue weighted by Gasteiger charge is 2.34. The van der Waals surface area contributed by atoms with Gasteiger partial charge in [-0.2, -0.15) is 0 Å². The summed E-state index contributed by atoms with van der Waals surface area (Å²) >= 11 is 0. The average Bonchev–Trinajstić information content (AvgIpc) is 2.36. The Morgan fingerprint density at radius 3 is 2.55 bits per heavy atom. The Balaban J connectivity index is 2.83. The van der Waals surface area contributed by atoms with Gasteiger partial charge in [0.15, 0.2) is 5.78 Å². The van der Waals surface area contributed by atoms with Gasteiger partial charge in [0.05, 0.1) is 0 Å². The van der Waals surface area contributed by atoms with Gasteiger partial charge in [0, 0.05) is 6.42 Å². The molecule has 0 amide bonds. The van der Waals surface area contributed by atoms with Crippen molar-refractivity contribution in [1.82, 2.24) is 4.72 Å². The van der Waals surface area contributed by atoms with E-state index in [2.05, 4.69) is 4.72 Å². The molecule has 1 rings (SSSR count). The minimum absolute atomic E-state index is 0.153. The van der Waals surface area contributed by atoms with Crippen molar-refractivity contribution in [2.24, 2.45) is 0 Å². The van der Waals surface area contributed by atoms with Crippen LogP contribution in [0.1, 0.15) is 19.3 Å². The number of Topliss-reactive ketones (excluding diaryl/α,β-unsaturated/α-hetero) is 1. The molecule has 0 aromatic rings. The summed E-state index contributed by atoms with van der Waals surface area (Å²) in [6, 6.07) is 0. The van der Waals surface area contributed by atoms with Crippen molar-refractivity contribution in [2.45, 2.75) is 24.5 Å². The third-order valence-electron chi connectivity index (χ3n) is 1.91. The summed E-state index contributed by atoms with van der Waals surface area (Å²) < 4.78 is 24.3. The molecule has 1 aliphatic rings. The number of rotatable bonds is 2. The van der Waals surface area contributed by atoms with Gasteiger partial charge in [-0.1, -0.05) is 0 Å². The van der Waals surface area contributed by atoms with E-state index in [1.54, 1.807) is 0 Å². The SMILES string of the molecule is CNS(=O)(=O)C1CCCC1=O. The molecule has 4 nitrogen and oxygen atoms in total. The smallest absolute Gasteiger partial charge is 0.221 e. The van der Waals surface area contributed by atoms with Gasteiger partial charge < -0.3 is 0 Å². The monoisotopic (exact) mass is 177 g/mol. The topological polar surface area (TPSA) is 63.2 Å². The van der Waals surface area contributed by atoms with E-state index in [9.17, 15) is 13.2 Å². The zero-order chi connectivity index (χ0) is 8.48. The summed E-state index contributed by atoms with van der Waals surface area (Å²) in [7, 11) is -2.01. The Hall–Kier alpha value is -0.420. The lowest BCUT2D eigenvalue weighted by molar-refractivity contribution is -0.117. The molecule has 1 atom stereocenters. The van der Waals surface area contributed by atoms with Crippen LogP contribution in [0.4, 0.5) is 0 Å². The zero-order valence-electron chi connectivity index (χ0n) is 6.33. The van der Waals surface area contributed by atoms with Gasteiger partial charge in [-0.15, -0.1) is 0 Å². The Labute approximate surface area is 66.0 Å². The third-order valence-corrected chi connectivity index (χ3v) is 3.72. The maximum atomic E-state index is 11.1. The molecular formula is C6H11NO3S. The molecule has 11 heavy (non-hydrogen) atoms. The number of hydrogen-bond donors (Lipinski definition) is 1. The summed E-state index contributed by atoms with van der Waals surface area (Å²) in [4.78, 5) is 11.0. The van der Waals surface area contributed by atoms with Crippen molar-refractivity contribution in [2.75, 3.05) is 7.05 Å². The van der Waals surface area contributed by atoms with Gasteiger partial charge in [-0.25, -0.2) is 13.1 Å². The summed E-state index contributed by atoms with van der Waals surface area (Å²) in [5.74, 6) is -0.153. The highest BCUT2D eigenvalue weighted by atomic mass is 32.2. The van der Waals surface area contributed by atoms with E-state index in [4.69, 9.17) is 0 Å². The highest BCUT2D eigenvalue weighted by Crippen LogP contribution is 2.20. The van der Waals surface area contributed by atoms with Crippen molar-refractivity contribution < 1.29 is 13.2 Å². The normalized spacial score (nSPS) is 25.9. The molecule has 64 valence electrons. The minimum Gasteiger partial charge on any atom is -0.298 e. The van der Waals surface area contributed by atoms with E-state index >= 15 is 0 Å². The number of ketones is 1. The molecule has 0 spiro atoms. The number of nitrogens with one attached hydrogen (secondary N) is 1. The lowest BCUT2D eigenvalue weighted by Crippen LogP contribution is -2.34. The molecule has 0 saturated heterocycles. The van der Waals surface area contributed by atoms with Crippen LogP contribution in [0.25, 0.3) is 0 Å². The van der Waals surface area contributed by atoms with Crippen LogP contribution in [0.3, 0.4) is 0 Å². The van der Waals surface area contributed by atoms with Crippen LogP contribution in [-0.4, -0.2) is 26.5 Å². The maximum Gasteiger partial charge on any atom is 0.221 e. The van der Waals surface area contributed by atoms with E-state index in [-0.39, 0.29) is 5.78 Å². The highest BCUT2D eigenvalue weighted by molar-refractivity contribution is 7.90. The number of carbonyl (C=O) groups excluding carboxylic acids is 1. The molecule has 1 unspecified atom stereocenters. The van der Waals surface area contributed by atoms with Crippen LogP contribution in [0.5, 0.6) is 0 Å². The van der Waals surface area contributed by atoms with Gasteiger partial charge >= 0.3 is 0 Å². The molecule has 0 radical (unpaired) electrons. The molecule has 1 aliphatic carbocycles. The van der Waals surface area contributed by atoms with E-state index in [0.717, 1.165) is 0 Å². The summed E-state index contributed by atoms with van der Waals surface area (Å²) in [6.07, 6.45) is 1.58. The summed E-state index contributed by atoms with van der Waals surface area (Å²) in [5.41, 5.74) is 0. The first-order valence-corrected chi connectivity index (χ1v) is 5.07. The molecule has 0 aromatic carbocycles. The van der Waals surface area contributed by atoms with Gasteiger partial charge in [-0.05, 0) is 19.9 Å². The second-order valence-electron chi connectivity index (χ2n) is 2.60. The number of sulfonamides is 1. The predicted octanol–water partition coefficient (Wildman–Crippen LogP) is -0.343. The maximum absolute atomic E-state index is 11.1. The molecule has 1 N–H and O–H groups in total. The molecule has 5 heteroatoms. The van der Waals surface area contributed by atoms with Crippen molar-refractivity contribution in [3.05, 3.63) is 0 Å². The first-order valence-electron chi connectivity index (χ1n) is 3.53. The van der Waals surface area contributed by atoms with Crippen molar-refractivity contribution in [3.8, 4) is 0 Å². The molecule has 0 heterocycles. The molecule has 0 bridgehead atoms. The second-order valence-corrected chi connectivity index (χ2v) is 4.66. The fourth-order valence-electron chi connectivity index (χ4n) is 1.25.